The molecule has 0 aliphatic heterocycles. The Labute approximate surface area is 151 Å². The zero-order valence-corrected chi connectivity index (χ0v) is 15.2. The van der Waals surface area contributed by atoms with E-state index >= 15 is 0 Å². The van der Waals surface area contributed by atoms with Crippen molar-refractivity contribution in [2.75, 3.05) is 11.9 Å². The van der Waals surface area contributed by atoms with E-state index in [1.807, 2.05) is 18.2 Å². The van der Waals surface area contributed by atoms with E-state index in [9.17, 15) is 14.4 Å². The fourth-order valence-corrected chi connectivity index (χ4v) is 2.61. The number of carbonyl (C=O) groups excluding carboxylic acids is 2. The Bertz CT molecular complexity index is 832. The Morgan fingerprint density at radius 2 is 2.04 bits per heavy atom. The van der Waals surface area contributed by atoms with Crippen LogP contribution in [-0.4, -0.2) is 38.2 Å². The maximum Gasteiger partial charge on any atom is 0.255 e. The molecule has 8 heteroatoms. The Morgan fingerprint density at radius 3 is 2.62 bits per heavy atom. The van der Waals surface area contributed by atoms with Crippen LogP contribution in [0.3, 0.4) is 0 Å². The number of H-pyrrole nitrogens is 1. The molecule has 2 aromatic rings. The van der Waals surface area contributed by atoms with Gasteiger partial charge in [0.1, 0.15) is 0 Å². The number of anilines is 1. The van der Waals surface area contributed by atoms with E-state index < -0.39 is 0 Å². The van der Waals surface area contributed by atoms with E-state index in [1.165, 1.54) is 13.8 Å². The van der Waals surface area contributed by atoms with Gasteiger partial charge in [-0.25, -0.2) is 4.98 Å². The highest BCUT2D eigenvalue weighted by atomic mass is 16.2. The summed E-state index contributed by atoms with van der Waals surface area (Å²) < 4.78 is 0. The van der Waals surface area contributed by atoms with Gasteiger partial charge >= 0.3 is 0 Å². The van der Waals surface area contributed by atoms with Gasteiger partial charge in [0.15, 0.2) is 0 Å². The molecule has 0 fully saturated rings. The number of amides is 2. The molecule has 2 N–H and O–H groups in total. The molecule has 0 bridgehead atoms. The summed E-state index contributed by atoms with van der Waals surface area (Å²) in [5.74, 6) is -0.198. The maximum atomic E-state index is 12.2. The second kappa shape index (κ2) is 8.89. The minimum absolute atomic E-state index is 0.0413. The number of nitrogens with one attached hydrogen (secondary N) is 2. The van der Waals surface area contributed by atoms with Gasteiger partial charge in [-0.15, -0.1) is 0 Å². The van der Waals surface area contributed by atoms with Crippen LogP contribution in [0.2, 0.25) is 0 Å². The summed E-state index contributed by atoms with van der Waals surface area (Å²) in [5.41, 5.74) is 1.66. The van der Waals surface area contributed by atoms with Crippen LogP contribution < -0.4 is 10.9 Å². The van der Waals surface area contributed by atoms with Gasteiger partial charge in [-0.1, -0.05) is 6.07 Å². The molecule has 26 heavy (non-hydrogen) atoms. The standard InChI is InChI=1S/C18H23N5O3/c1-12-16(17(26)22-18(20-12)21-13(2)24)8-6-10-23(14(3)25)11-15-7-4-5-9-19-15/h4-5,7,9H,6,8,10-11H2,1-3H3,(H2,20,21,22,24,26). The maximum absolute atomic E-state index is 12.2. The molecule has 0 atom stereocenters. The molecule has 0 saturated heterocycles. The topological polar surface area (TPSA) is 108 Å². The van der Waals surface area contributed by atoms with Gasteiger partial charge < -0.3 is 4.90 Å². The molecule has 0 unspecified atom stereocenters. The van der Waals surface area contributed by atoms with E-state index in [4.69, 9.17) is 0 Å². The van der Waals surface area contributed by atoms with E-state index in [1.54, 1.807) is 18.0 Å². The van der Waals surface area contributed by atoms with Crippen molar-refractivity contribution < 1.29 is 9.59 Å². The molecular weight excluding hydrogens is 334 g/mol. The molecule has 0 radical (unpaired) electrons. The first kappa shape index (κ1) is 19.3. The predicted molar refractivity (Wildman–Crippen MR) is 97.5 cm³/mol. The summed E-state index contributed by atoms with van der Waals surface area (Å²) in [7, 11) is 0. The quantitative estimate of drug-likeness (QED) is 0.779. The molecule has 2 rings (SSSR count). The molecule has 0 saturated carbocycles. The van der Waals surface area contributed by atoms with Crippen molar-refractivity contribution in [2.24, 2.45) is 0 Å². The van der Waals surface area contributed by atoms with E-state index in [2.05, 4.69) is 20.3 Å². The minimum Gasteiger partial charge on any atom is -0.337 e. The molecule has 0 spiro atoms. The van der Waals surface area contributed by atoms with Crippen molar-refractivity contribution in [1.82, 2.24) is 19.9 Å². The minimum atomic E-state index is -0.299. The number of rotatable bonds is 7. The number of nitrogens with zero attached hydrogens (tertiary/aromatic N) is 3. The smallest absolute Gasteiger partial charge is 0.255 e. The van der Waals surface area contributed by atoms with Gasteiger partial charge in [-0.3, -0.25) is 29.7 Å². The first-order valence-corrected chi connectivity index (χ1v) is 8.39. The van der Waals surface area contributed by atoms with Gasteiger partial charge in [0.2, 0.25) is 17.8 Å². The Balaban J connectivity index is 2.00. The summed E-state index contributed by atoms with van der Waals surface area (Å²) in [6, 6.07) is 5.58. The van der Waals surface area contributed by atoms with Crippen molar-refractivity contribution in [2.45, 2.75) is 40.2 Å². The van der Waals surface area contributed by atoms with E-state index in [0.717, 1.165) is 5.69 Å². The molecule has 8 nitrogen and oxygen atoms in total. The first-order valence-electron chi connectivity index (χ1n) is 8.39. The van der Waals surface area contributed by atoms with Crippen LogP contribution in [-0.2, 0) is 22.6 Å². The normalized spacial score (nSPS) is 10.4. The Hall–Kier alpha value is -3.03. The highest BCUT2D eigenvalue weighted by Crippen LogP contribution is 2.08. The Morgan fingerprint density at radius 1 is 1.27 bits per heavy atom. The largest absolute Gasteiger partial charge is 0.337 e. The average Bonchev–Trinajstić information content (AvgIpc) is 2.56. The third-order valence-corrected chi connectivity index (χ3v) is 3.90. The molecular formula is C18H23N5O3. The van der Waals surface area contributed by atoms with Crippen LogP contribution in [0.25, 0.3) is 0 Å². The van der Waals surface area contributed by atoms with Gasteiger partial charge in [0.05, 0.1) is 12.2 Å². The van der Waals surface area contributed by atoms with Gasteiger partial charge in [0.25, 0.3) is 5.56 Å². The first-order chi connectivity index (χ1) is 12.4. The number of aryl methyl sites for hydroxylation is 1. The highest BCUT2D eigenvalue weighted by Gasteiger charge is 2.13. The lowest BCUT2D eigenvalue weighted by molar-refractivity contribution is -0.129. The van der Waals surface area contributed by atoms with Crippen LogP contribution >= 0.6 is 0 Å². The summed E-state index contributed by atoms with van der Waals surface area (Å²) >= 11 is 0. The fraction of sp³-hybridized carbons (Fsp3) is 0.389. The van der Waals surface area contributed by atoms with Crippen LogP contribution in [0.15, 0.2) is 29.2 Å². The van der Waals surface area contributed by atoms with Crippen LogP contribution in [0.4, 0.5) is 5.95 Å². The van der Waals surface area contributed by atoms with Crippen molar-refractivity contribution in [1.29, 1.82) is 0 Å². The number of pyridine rings is 1. The number of aromatic nitrogens is 3. The average molecular weight is 357 g/mol. The van der Waals surface area contributed by atoms with Gasteiger partial charge in [-0.2, -0.15) is 0 Å². The highest BCUT2D eigenvalue weighted by molar-refractivity contribution is 5.86. The molecule has 0 aliphatic carbocycles. The van der Waals surface area contributed by atoms with Crippen LogP contribution in [0, 0.1) is 6.92 Å². The van der Waals surface area contributed by atoms with E-state index in [0.29, 0.717) is 37.2 Å². The van der Waals surface area contributed by atoms with Crippen molar-refractivity contribution >= 4 is 17.8 Å². The summed E-state index contributed by atoms with van der Waals surface area (Å²) in [5, 5.41) is 2.46. The summed E-state index contributed by atoms with van der Waals surface area (Å²) in [4.78, 5) is 47.8. The Kier molecular flexibility index (Phi) is 6.60. The molecule has 0 aliphatic rings. The van der Waals surface area contributed by atoms with Crippen molar-refractivity contribution in [3.63, 3.8) is 0 Å². The molecule has 2 aromatic heterocycles. The van der Waals surface area contributed by atoms with Gasteiger partial charge in [0, 0.05) is 37.8 Å². The van der Waals surface area contributed by atoms with Crippen LogP contribution in [0.1, 0.15) is 37.2 Å². The summed E-state index contributed by atoms with van der Waals surface area (Å²) in [6.45, 7) is 5.54. The lowest BCUT2D eigenvalue weighted by Crippen LogP contribution is -2.30. The monoisotopic (exact) mass is 357 g/mol. The number of aromatic amines is 1. The fourth-order valence-electron chi connectivity index (χ4n) is 2.61. The molecule has 2 heterocycles. The molecule has 2 amide bonds. The third-order valence-electron chi connectivity index (χ3n) is 3.90. The molecule has 138 valence electrons. The van der Waals surface area contributed by atoms with Crippen molar-refractivity contribution in [3.05, 3.63) is 51.7 Å². The predicted octanol–water partition coefficient (Wildman–Crippen LogP) is 1.41. The third kappa shape index (κ3) is 5.51. The summed E-state index contributed by atoms with van der Waals surface area (Å²) in [6.07, 6.45) is 2.80. The molecule has 0 aromatic carbocycles. The number of carbonyl (C=O) groups is 2. The number of hydrogen-bond donors (Lipinski definition) is 2. The number of hydrogen-bond acceptors (Lipinski definition) is 5. The van der Waals surface area contributed by atoms with Crippen LogP contribution in [0.5, 0.6) is 0 Å². The zero-order valence-electron chi connectivity index (χ0n) is 15.2. The second-order valence-electron chi connectivity index (χ2n) is 6.02. The lowest BCUT2D eigenvalue weighted by Gasteiger charge is -2.20. The second-order valence-corrected chi connectivity index (χ2v) is 6.02. The lowest BCUT2D eigenvalue weighted by atomic mass is 10.1. The zero-order chi connectivity index (χ0) is 19.1. The van der Waals surface area contributed by atoms with Crippen molar-refractivity contribution in [3.8, 4) is 0 Å². The SMILES string of the molecule is CC(=O)Nc1nc(C)c(CCCN(Cc2ccccn2)C(C)=O)c(=O)[nH]1. The van der Waals surface area contributed by atoms with E-state index in [-0.39, 0.29) is 23.3 Å². The van der Waals surface area contributed by atoms with Gasteiger partial charge in [-0.05, 0) is 31.9 Å².